The predicted molar refractivity (Wildman–Crippen MR) is 75.6 cm³/mol. The number of benzene rings is 1. The number of anilines is 1. The Bertz CT molecular complexity index is 429. The van der Waals surface area contributed by atoms with Gasteiger partial charge in [-0.05, 0) is 46.2 Å². The highest BCUT2D eigenvalue weighted by atomic mass is 127. The van der Waals surface area contributed by atoms with Crippen molar-refractivity contribution in [2.75, 3.05) is 18.0 Å². The van der Waals surface area contributed by atoms with Crippen molar-refractivity contribution >= 4 is 34.6 Å². The number of hydrogen-bond donors (Lipinski definition) is 1. The van der Waals surface area contributed by atoms with E-state index >= 15 is 0 Å². The molecule has 0 saturated carbocycles. The number of aliphatic imine (C=N–C) groups is 1. The van der Waals surface area contributed by atoms with Crippen molar-refractivity contribution in [3.8, 4) is 5.75 Å². The molecule has 86 valence electrons. The van der Waals surface area contributed by atoms with Gasteiger partial charge in [-0.2, -0.15) is 0 Å². The molecule has 0 spiro atoms. The zero-order chi connectivity index (χ0) is 11.7. The van der Waals surface area contributed by atoms with Gasteiger partial charge >= 0.3 is 0 Å². The predicted octanol–water partition coefficient (Wildman–Crippen LogP) is 2.97. The first kappa shape index (κ1) is 11.7. The van der Waals surface area contributed by atoms with Crippen LogP contribution in [0.5, 0.6) is 5.75 Å². The van der Waals surface area contributed by atoms with Gasteiger partial charge in [0.1, 0.15) is 0 Å². The summed E-state index contributed by atoms with van der Waals surface area (Å²) in [6, 6.07) is 4.09. The molecule has 0 aromatic heterocycles. The highest BCUT2D eigenvalue weighted by Crippen LogP contribution is 2.35. The van der Waals surface area contributed by atoms with Crippen molar-refractivity contribution in [3.05, 3.63) is 21.3 Å². The van der Waals surface area contributed by atoms with E-state index in [2.05, 4.69) is 47.5 Å². The number of phenols is 1. The first-order valence-corrected chi connectivity index (χ1v) is 6.46. The molecule has 3 nitrogen and oxygen atoms in total. The van der Waals surface area contributed by atoms with E-state index in [1.54, 1.807) is 6.34 Å². The number of aromatic hydroxyl groups is 1. The lowest BCUT2D eigenvalue weighted by molar-refractivity contribution is 0.472. The Balaban J connectivity index is 2.46. The van der Waals surface area contributed by atoms with Crippen molar-refractivity contribution < 1.29 is 5.11 Å². The summed E-state index contributed by atoms with van der Waals surface area (Å²) in [4.78, 5) is 6.18. The second-order valence-corrected chi connectivity index (χ2v) is 5.40. The van der Waals surface area contributed by atoms with Crippen molar-refractivity contribution in [1.82, 2.24) is 0 Å². The molecule has 1 aromatic rings. The average molecular weight is 330 g/mol. The molecule has 1 heterocycles. The van der Waals surface area contributed by atoms with Gasteiger partial charge in [-0.1, -0.05) is 13.8 Å². The van der Waals surface area contributed by atoms with Crippen molar-refractivity contribution in [1.29, 1.82) is 0 Å². The minimum absolute atomic E-state index is 0.360. The van der Waals surface area contributed by atoms with Crippen LogP contribution in [0.15, 0.2) is 17.1 Å². The molecule has 0 unspecified atom stereocenters. The van der Waals surface area contributed by atoms with Crippen LogP contribution in [0.25, 0.3) is 0 Å². The van der Waals surface area contributed by atoms with Gasteiger partial charge in [0.2, 0.25) is 0 Å². The first-order valence-electron chi connectivity index (χ1n) is 5.38. The SMILES string of the molecule is CC(C)c1cc(I)c(O)c(N2C=NCC2)c1. The third-order valence-electron chi connectivity index (χ3n) is 2.73. The minimum atomic E-state index is 0.360. The molecule has 0 saturated heterocycles. The van der Waals surface area contributed by atoms with E-state index in [0.717, 1.165) is 22.3 Å². The fourth-order valence-corrected chi connectivity index (χ4v) is 2.36. The molecular weight excluding hydrogens is 315 g/mol. The number of rotatable bonds is 2. The fourth-order valence-electron chi connectivity index (χ4n) is 1.72. The van der Waals surface area contributed by atoms with Gasteiger partial charge in [0.05, 0.1) is 22.1 Å². The van der Waals surface area contributed by atoms with Gasteiger partial charge in [0.15, 0.2) is 5.75 Å². The fraction of sp³-hybridized carbons (Fsp3) is 0.417. The molecule has 1 aliphatic rings. The van der Waals surface area contributed by atoms with Crippen LogP contribution in [0.1, 0.15) is 25.3 Å². The van der Waals surface area contributed by atoms with E-state index in [0.29, 0.717) is 11.7 Å². The van der Waals surface area contributed by atoms with E-state index < -0.39 is 0 Å². The molecule has 1 aliphatic heterocycles. The number of phenolic OH excluding ortho intramolecular Hbond substituents is 1. The molecule has 2 rings (SSSR count). The summed E-state index contributed by atoms with van der Waals surface area (Å²) in [5, 5.41) is 10.1. The van der Waals surface area contributed by atoms with Gasteiger partial charge in [0.25, 0.3) is 0 Å². The van der Waals surface area contributed by atoms with Crippen LogP contribution in [-0.2, 0) is 0 Å². The maximum absolute atomic E-state index is 10.1. The largest absolute Gasteiger partial charge is 0.505 e. The van der Waals surface area contributed by atoms with Crippen LogP contribution in [-0.4, -0.2) is 24.5 Å². The monoisotopic (exact) mass is 330 g/mol. The van der Waals surface area contributed by atoms with Crippen LogP contribution in [0.3, 0.4) is 0 Å². The van der Waals surface area contributed by atoms with Crippen molar-refractivity contribution in [2.24, 2.45) is 4.99 Å². The number of hydrogen-bond acceptors (Lipinski definition) is 3. The summed E-state index contributed by atoms with van der Waals surface area (Å²) in [5.74, 6) is 0.825. The molecule has 1 N–H and O–H groups in total. The summed E-state index contributed by atoms with van der Waals surface area (Å²) in [6.07, 6.45) is 1.80. The lowest BCUT2D eigenvalue weighted by Gasteiger charge is -2.19. The maximum Gasteiger partial charge on any atom is 0.152 e. The van der Waals surface area contributed by atoms with E-state index in [4.69, 9.17) is 0 Å². The third kappa shape index (κ3) is 2.16. The summed E-state index contributed by atoms with van der Waals surface area (Å²) >= 11 is 2.17. The van der Waals surface area contributed by atoms with Crippen molar-refractivity contribution in [2.45, 2.75) is 19.8 Å². The summed E-state index contributed by atoms with van der Waals surface area (Å²) in [6.45, 7) is 5.97. The normalized spacial score (nSPS) is 15.1. The summed E-state index contributed by atoms with van der Waals surface area (Å²) in [5.41, 5.74) is 2.12. The maximum atomic E-state index is 10.1. The molecular formula is C12H15IN2O. The average Bonchev–Trinajstić information content (AvgIpc) is 2.74. The minimum Gasteiger partial charge on any atom is -0.505 e. The van der Waals surface area contributed by atoms with Gasteiger partial charge in [-0.15, -0.1) is 0 Å². The first-order chi connectivity index (χ1) is 7.59. The molecule has 0 atom stereocenters. The number of halogens is 1. The highest BCUT2D eigenvalue weighted by Gasteiger charge is 2.16. The van der Waals surface area contributed by atoms with E-state index in [-0.39, 0.29) is 0 Å². The highest BCUT2D eigenvalue weighted by molar-refractivity contribution is 14.1. The smallest absolute Gasteiger partial charge is 0.152 e. The lowest BCUT2D eigenvalue weighted by Crippen LogP contribution is -2.18. The second kappa shape index (κ2) is 4.61. The zero-order valence-corrected chi connectivity index (χ0v) is 11.6. The standard InChI is InChI=1S/C12H15IN2O/c1-8(2)9-5-10(13)12(16)11(6-9)15-4-3-14-7-15/h5-8,16H,3-4H2,1-2H3. The van der Waals surface area contributed by atoms with Crippen LogP contribution in [0.4, 0.5) is 5.69 Å². The molecule has 0 aliphatic carbocycles. The summed E-state index contributed by atoms with van der Waals surface area (Å²) < 4.78 is 0.902. The molecule has 16 heavy (non-hydrogen) atoms. The second-order valence-electron chi connectivity index (χ2n) is 4.24. The van der Waals surface area contributed by atoms with Crippen LogP contribution in [0.2, 0.25) is 0 Å². The Hall–Kier alpha value is -0.780. The molecule has 0 amide bonds. The Labute approximate surface area is 109 Å². The van der Waals surface area contributed by atoms with Crippen LogP contribution >= 0.6 is 22.6 Å². The van der Waals surface area contributed by atoms with Crippen molar-refractivity contribution in [3.63, 3.8) is 0 Å². The van der Waals surface area contributed by atoms with E-state index in [1.165, 1.54) is 5.56 Å². The van der Waals surface area contributed by atoms with E-state index in [9.17, 15) is 5.11 Å². The zero-order valence-electron chi connectivity index (χ0n) is 9.44. The summed E-state index contributed by atoms with van der Waals surface area (Å²) in [7, 11) is 0. The van der Waals surface area contributed by atoms with Gasteiger partial charge < -0.3 is 10.0 Å². The Morgan fingerprint density at radius 1 is 1.44 bits per heavy atom. The quantitative estimate of drug-likeness (QED) is 0.847. The Kier molecular flexibility index (Phi) is 3.37. The van der Waals surface area contributed by atoms with E-state index in [1.807, 2.05) is 11.0 Å². The van der Waals surface area contributed by atoms with Crippen LogP contribution < -0.4 is 4.90 Å². The Morgan fingerprint density at radius 2 is 2.19 bits per heavy atom. The molecule has 0 radical (unpaired) electrons. The Morgan fingerprint density at radius 3 is 2.75 bits per heavy atom. The van der Waals surface area contributed by atoms with Crippen LogP contribution in [0, 0.1) is 3.57 Å². The topological polar surface area (TPSA) is 35.8 Å². The van der Waals surface area contributed by atoms with Gasteiger partial charge in [-0.3, -0.25) is 4.99 Å². The van der Waals surface area contributed by atoms with Gasteiger partial charge in [0, 0.05) is 6.54 Å². The molecule has 0 bridgehead atoms. The molecule has 0 fully saturated rings. The molecule has 4 heteroatoms. The number of nitrogens with zero attached hydrogens (tertiary/aromatic N) is 2. The third-order valence-corrected chi connectivity index (χ3v) is 3.56. The molecule has 1 aromatic carbocycles. The lowest BCUT2D eigenvalue weighted by atomic mass is 10.0. The van der Waals surface area contributed by atoms with Gasteiger partial charge in [-0.25, -0.2) is 0 Å².